The van der Waals surface area contributed by atoms with E-state index in [1.54, 1.807) is 23.1 Å². The van der Waals surface area contributed by atoms with Crippen LogP contribution in [-0.2, 0) is 19.4 Å². The molecule has 1 aliphatic heterocycles. The first kappa shape index (κ1) is 17.6. The van der Waals surface area contributed by atoms with Crippen molar-refractivity contribution < 1.29 is 0 Å². The Labute approximate surface area is 163 Å². The minimum Gasteiger partial charge on any atom is -0.349 e. The van der Waals surface area contributed by atoms with Crippen molar-refractivity contribution in [1.82, 2.24) is 24.2 Å². The van der Waals surface area contributed by atoms with Crippen LogP contribution in [0.5, 0.6) is 0 Å². The number of aromatic nitrogens is 4. The Hall–Kier alpha value is -2.48. The van der Waals surface area contributed by atoms with E-state index in [4.69, 9.17) is 0 Å². The van der Waals surface area contributed by atoms with Crippen LogP contribution in [0.2, 0.25) is 0 Å². The van der Waals surface area contributed by atoms with Gasteiger partial charge in [-0.1, -0.05) is 0 Å². The second-order valence-electron chi connectivity index (χ2n) is 8.05. The lowest BCUT2D eigenvalue weighted by molar-refractivity contribution is 0.241. The number of nitrogens with zero attached hydrogens (tertiary/aromatic N) is 6. The first-order valence-corrected chi connectivity index (χ1v) is 10.3. The Kier molecular flexibility index (Phi) is 4.50. The van der Waals surface area contributed by atoms with Crippen LogP contribution < -0.4 is 16.0 Å². The number of fused-ring (bicyclic) bond motifs is 1. The third-order valence-electron chi connectivity index (χ3n) is 6.11. The summed E-state index contributed by atoms with van der Waals surface area (Å²) in [7, 11) is 0. The minimum absolute atomic E-state index is 0.00778. The zero-order valence-corrected chi connectivity index (χ0v) is 16.1. The first-order valence-electron chi connectivity index (χ1n) is 10.3. The molecule has 8 nitrogen and oxygen atoms in total. The van der Waals surface area contributed by atoms with Crippen molar-refractivity contribution in [2.45, 2.75) is 44.7 Å². The van der Waals surface area contributed by atoms with E-state index in [9.17, 15) is 9.59 Å². The molecule has 148 valence electrons. The Bertz CT molecular complexity index is 985. The standard InChI is InChI=1S/C20H26N6O2/c27-18-14-15-2-1-3-17(15)22-26(18)13-10-23-8-11-24(12-9-23)19-20(28)25(7-6-21-19)16-4-5-16/h6-7,14,16H,1-5,8-13H2. The molecule has 0 radical (unpaired) electrons. The van der Waals surface area contributed by atoms with Gasteiger partial charge in [0.1, 0.15) is 0 Å². The van der Waals surface area contributed by atoms with Gasteiger partial charge in [0.15, 0.2) is 5.82 Å². The molecule has 2 aromatic heterocycles. The Morgan fingerprint density at radius 3 is 2.64 bits per heavy atom. The highest BCUT2D eigenvalue weighted by Crippen LogP contribution is 2.33. The molecule has 8 heteroatoms. The van der Waals surface area contributed by atoms with Crippen LogP contribution in [0.1, 0.15) is 36.6 Å². The fourth-order valence-corrected chi connectivity index (χ4v) is 4.29. The molecule has 1 saturated heterocycles. The Morgan fingerprint density at radius 2 is 1.86 bits per heavy atom. The molecule has 2 fully saturated rings. The van der Waals surface area contributed by atoms with Crippen LogP contribution in [0, 0.1) is 0 Å². The number of hydrogen-bond donors (Lipinski definition) is 0. The van der Waals surface area contributed by atoms with Crippen molar-refractivity contribution in [3.8, 4) is 0 Å². The van der Waals surface area contributed by atoms with Crippen molar-refractivity contribution in [1.29, 1.82) is 0 Å². The van der Waals surface area contributed by atoms with Gasteiger partial charge in [-0.15, -0.1) is 0 Å². The van der Waals surface area contributed by atoms with Gasteiger partial charge >= 0.3 is 0 Å². The number of piperazine rings is 1. The summed E-state index contributed by atoms with van der Waals surface area (Å²) in [5.74, 6) is 0.575. The largest absolute Gasteiger partial charge is 0.349 e. The summed E-state index contributed by atoms with van der Waals surface area (Å²) in [6.45, 7) is 4.70. The minimum atomic E-state index is 0.00778. The quantitative estimate of drug-likeness (QED) is 0.747. The number of rotatable bonds is 5. The van der Waals surface area contributed by atoms with Crippen molar-refractivity contribution in [2.75, 3.05) is 37.6 Å². The molecule has 5 rings (SSSR count). The second kappa shape index (κ2) is 7.16. The van der Waals surface area contributed by atoms with E-state index in [0.717, 1.165) is 76.1 Å². The average molecular weight is 382 g/mol. The molecule has 0 atom stereocenters. The Morgan fingerprint density at radius 1 is 1.04 bits per heavy atom. The van der Waals surface area contributed by atoms with Crippen molar-refractivity contribution in [3.63, 3.8) is 0 Å². The Balaban J connectivity index is 1.20. The highest BCUT2D eigenvalue weighted by Gasteiger charge is 2.27. The lowest BCUT2D eigenvalue weighted by Crippen LogP contribution is -2.49. The van der Waals surface area contributed by atoms with Crippen LogP contribution in [0.3, 0.4) is 0 Å². The van der Waals surface area contributed by atoms with Crippen LogP contribution in [0.15, 0.2) is 28.0 Å². The molecule has 0 N–H and O–H groups in total. The average Bonchev–Trinajstić information content (AvgIpc) is 3.45. The van der Waals surface area contributed by atoms with Gasteiger partial charge < -0.3 is 9.47 Å². The van der Waals surface area contributed by atoms with Gasteiger partial charge in [0, 0.05) is 57.2 Å². The zero-order chi connectivity index (χ0) is 19.1. The molecule has 0 bridgehead atoms. The summed E-state index contributed by atoms with van der Waals surface area (Å²) >= 11 is 0. The summed E-state index contributed by atoms with van der Waals surface area (Å²) in [5.41, 5.74) is 2.26. The number of hydrogen-bond acceptors (Lipinski definition) is 6. The van der Waals surface area contributed by atoms with Crippen molar-refractivity contribution in [3.05, 3.63) is 50.4 Å². The maximum absolute atomic E-state index is 12.7. The van der Waals surface area contributed by atoms with E-state index in [0.29, 0.717) is 18.4 Å². The number of aryl methyl sites for hydroxylation is 2. The monoisotopic (exact) mass is 382 g/mol. The second-order valence-corrected chi connectivity index (χ2v) is 8.05. The van der Waals surface area contributed by atoms with E-state index < -0.39 is 0 Å². The van der Waals surface area contributed by atoms with E-state index in [1.165, 1.54) is 0 Å². The summed E-state index contributed by atoms with van der Waals surface area (Å²) < 4.78 is 3.45. The van der Waals surface area contributed by atoms with Gasteiger partial charge in [-0.05, 0) is 37.7 Å². The molecule has 0 aromatic carbocycles. The molecular weight excluding hydrogens is 356 g/mol. The van der Waals surface area contributed by atoms with E-state index in [2.05, 4.69) is 19.9 Å². The molecular formula is C20H26N6O2. The summed E-state index contributed by atoms with van der Waals surface area (Å²) in [6, 6.07) is 2.13. The number of anilines is 1. The van der Waals surface area contributed by atoms with E-state index in [-0.39, 0.29) is 11.1 Å². The van der Waals surface area contributed by atoms with Gasteiger partial charge in [-0.2, -0.15) is 5.10 Å². The molecule has 3 heterocycles. The molecule has 3 aliphatic rings. The highest BCUT2D eigenvalue weighted by atomic mass is 16.1. The van der Waals surface area contributed by atoms with Gasteiger partial charge in [0.2, 0.25) is 0 Å². The van der Waals surface area contributed by atoms with Crippen LogP contribution in [0.25, 0.3) is 0 Å². The molecule has 0 spiro atoms. The van der Waals surface area contributed by atoms with Crippen LogP contribution in [0.4, 0.5) is 5.82 Å². The smallest absolute Gasteiger partial charge is 0.293 e. The molecule has 0 amide bonds. The predicted octanol–water partition coefficient (Wildman–Crippen LogP) is 0.446. The fraction of sp³-hybridized carbons (Fsp3) is 0.600. The molecule has 2 aromatic rings. The maximum atomic E-state index is 12.7. The highest BCUT2D eigenvalue weighted by molar-refractivity contribution is 5.36. The first-order chi connectivity index (χ1) is 13.7. The topological polar surface area (TPSA) is 76.3 Å². The van der Waals surface area contributed by atoms with Gasteiger partial charge in [-0.25, -0.2) is 9.67 Å². The summed E-state index contributed by atoms with van der Waals surface area (Å²) in [4.78, 5) is 33.7. The normalized spacial score (nSPS) is 19.8. The van der Waals surface area contributed by atoms with Gasteiger partial charge in [0.25, 0.3) is 11.1 Å². The molecule has 1 saturated carbocycles. The summed E-state index contributed by atoms with van der Waals surface area (Å²) in [5, 5.41) is 4.56. The lowest BCUT2D eigenvalue weighted by atomic mass is 10.2. The fourth-order valence-electron chi connectivity index (χ4n) is 4.29. The predicted molar refractivity (Wildman–Crippen MR) is 106 cm³/mol. The third kappa shape index (κ3) is 3.37. The SMILES string of the molecule is O=c1c(N2CCN(CCn3nc4c(cc3=O)CCC4)CC2)nccn1C1CC1. The van der Waals surface area contributed by atoms with E-state index >= 15 is 0 Å². The van der Waals surface area contributed by atoms with E-state index in [1.807, 2.05) is 4.57 Å². The van der Waals surface area contributed by atoms with Crippen molar-refractivity contribution >= 4 is 5.82 Å². The molecule has 28 heavy (non-hydrogen) atoms. The lowest BCUT2D eigenvalue weighted by Gasteiger charge is -2.35. The van der Waals surface area contributed by atoms with Crippen molar-refractivity contribution in [2.24, 2.45) is 0 Å². The van der Waals surface area contributed by atoms with Gasteiger partial charge in [0.05, 0.1) is 12.2 Å². The maximum Gasteiger partial charge on any atom is 0.293 e. The summed E-state index contributed by atoms with van der Waals surface area (Å²) in [6.07, 6.45) is 8.80. The zero-order valence-electron chi connectivity index (χ0n) is 16.1. The third-order valence-corrected chi connectivity index (χ3v) is 6.11. The van der Waals surface area contributed by atoms with Crippen LogP contribution in [-0.4, -0.2) is 57.0 Å². The molecule has 2 aliphatic carbocycles. The molecule has 0 unspecified atom stereocenters. The van der Waals surface area contributed by atoms with Gasteiger partial charge in [-0.3, -0.25) is 14.5 Å². The van der Waals surface area contributed by atoms with Crippen LogP contribution >= 0.6 is 0 Å².